The Balaban J connectivity index is 1.90. The highest BCUT2D eigenvalue weighted by Crippen LogP contribution is 2.37. The number of hydrogen-bond acceptors (Lipinski definition) is 3. The molecule has 2 heterocycles. The van der Waals surface area contributed by atoms with E-state index in [2.05, 4.69) is 48.3 Å². The van der Waals surface area contributed by atoms with Crippen molar-refractivity contribution in [3.63, 3.8) is 0 Å². The Labute approximate surface area is 129 Å². The molecule has 3 heteroatoms. The highest BCUT2D eigenvalue weighted by atomic mass is 16.4. The summed E-state index contributed by atoms with van der Waals surface area (Å²) in [6.07, 6.45) is 0. The fraction of sp³-hybridized carbons (Fsp3) is 0.263. The Kier molecular flexibility index (Phi) is 3.25. The molecule has 3 aromatic rings. The fourth-order valence-corrected chi connectivity index (χ4v) is 3.53. The maximum Gasteiger partial charge on any atom is 0.134 e. The lowest BCUT2D eigenvalue weighted by Gasteiger charge is -2.33. The molecule has 2 aromatic carbocycles. The first kappa shape index (κ1) is 13.6. The van der Waals surface area contributed by atoms with Crippen LogP contribution in [0.15, 0.2) is 52.9 Å². The summed E-state index contributed by atoms with van der Waals surface area (Å²) in [5.41, 5.74) is 4.91. The smallest absolute Gasteiger partial charge is 0.134 e. The first-order valence-electron chi connectivity index (χ1n) is 7.65. The molecule has 0 radical (unpaired) electrons. The standard InChI is InChI=1S/C19H19NO2/c1-20-10-17(13-5-3-2-4-6-13)15-7-8-19-16(18(15)11-20)9-14(12-21)22-19/h2-9,17,21H,10-12H2,1H3. The largest absolute Gasteiger partial charge is 0.459 e. The molecule has 0 aliphatic carbocycles. The van der Waals surface area contributed by atoms with Crippen molar-refractivity contribution in [1.82, 2.24) is 4.90 Å². The van der Waals surface area contributed by atoms with Crippen LogP contribution in [-0.4, -0.2) is 23.6 Å². The minimum absolute atomic E-state index is 0.0542. The first-order chi connectivity index (χ1) is 10.8. The molecule has 0 amide bonds. The highest BCUT2D eigenvalue weighted by molar-refractivity contribution is 5.83. The van der Waals surface area contributed by atoms with Crippen LogP contribution in [0, 0.1) is 0 Å². The van der Waals surface area contributed by atoms with E-state index in [4.69, 9.17) is 4.42 Å². The lowest BCUT2D eigenvalue weighted by Crippen LogP contribution is -2.31. The Morgan fingerprint density at radius 3 is 2.77 bits per heavy atom. The number of rotatable bonds is 2. The third kappa shape index (κ3) is 2.14. The van der Waals surface area contributed by atoms with Crippen molar-refractivity contribution in [3.8, 4) is 0 Å². The van der Waals surface area contributed by atoms with Gasteiger partial charge in [0.05, 0.1) is 0 Å². The van der Waals surface area contributed by atoms with Crippen molar-refractivity contribution < 1.29 is 9.52 Å². The van der Waals surface area contributed by atoms with Gasteiger partial charge in [-0.15, -0.1) is 0 Å². The summed E-state index contributed by atoms with van der Waals surface area (Å²) in [7, 11) is 2.16. The third-order valence-electron chi connectivity index (χ3n) is 4.56. The van der Waals surface area contributed by atoms with E-state index < -0.39 is 0 Å². The normalized spacial score (nSPS) is 18.5. The second-order valence-electron chi connectivity index (χ2n) is 6.08. The van der Waals surface area contributed by atoms with Crippen molar-refractivity contribution in [1.29, 1.82) is 0 Å². The van der Waals surface area contributed by atoms with Crippen LogP contribution >= 0.6 is 0 Å². The van der Waals surface area contributed by atoms with E-state index in [0.29, 0.717) is 11.7 Å². The van der Waals surface area contributed by atoms with E-state index >= 15 is 0 Å². The predicted octanol–water partition coefficient (Wildman–Crippen LogP) is 3.50. The lowest BCUT2D eigenvalue weighted by atomic mass is 9.83. The van der Waals surface area contributed by atoms with E-state index in [1.807, 2.05) is 12.1 Å². The van der Waals surface area contributed by atoms with Gasteiger partial charge in [-0.05, 0) is 35.9 Å². The van der Waals surface area contributed by atoms with Gasteiger partial charge in [0.1, 0.15) is 18.0 Å². The monoisotopic (exact) mass is 293 g/mol. The Bertz CT molecular complexity index is 807. The van der Waals surface area contributed by atoms with E-state index in [9.17, 15) is 5.11 Å². The second kappa shape index (κ2) is 5.27. The van der Waals surface area contributed by atoms with Crippen molar-refractivity contribution in [3.05, 3.63) is 71.0 Å². The van der Waals surface area contributed by atoms with Gasteiger partial charge < -0.3 is 14.4 Å². The van der Waals surface area contributed by atoms with Gasteiger partial charge in [0.2, 0.25) is 0 Å². The molecule has 4 rings (SSSR count). The molecular formula is C19H19NO2. The molecule has 1 aromatic heterocycles. The van der Waals surface area contributed by atoms with E-state index in [0.717, 1.165) is 24.1 Å². The van der Waals surface area contributed by atoms with Crippen LogP contribution in [-0.2, 0) is 13.2 Å². The molecule has 0 saturated carbocycles. The van der Waals surface area contributed by atoms with Crippen LogP contribution in [0.3, 0.4) is 0 Å². The summed E-state index contributed by atoms with van der Waals surface area (Å²) < 4.78 is 5.69. The number of furan rings is 1. The highest BCUT2D eigenvalue weighted by Gasteiger charge is 2.26. The van der Waals surface area contributed by atoms with Crippen LogP contribution in [0.1, 0.15) is 28.4 Å². The van der Waals surface area contributed by atoms with Gasteiger partial charge in [-0.1, -0.05) is 36.4 Å². The summed E-state index contributed by atoms with van der Waals surface area (Å²) in [6.45, 7) is 1.88. The van der Waals surface area contributed by atoms with Crippen molar-refractivity contribution >= 4 is 11.0 Å². The molecule has 1 N–H and O–H groups in total. The maximum absolute atomic E-state index is 9.32. The summed E-state index contributed by atoms with van der Waals surface area (Å²) in [5, 5.41) is 10.5. The summed E-state index contributed by atoms with van der Waals surface area (Å²) in [5.74, 6) is 1.01. The topological polar surface area (TPSA) is 36.6 Å². The fourth-order valence-electron chi connectivity index (χ4n) is 3.53. The number of aliphatic hydroxyl groups excluding tert-OH is 1. The second-order valence-corrected chi connectivity index (χ2v) is 6.08. The number of aliphatic hydroxyl groups is 1. The minimum atomic E-state index is -0.0542. The SMILES string of the molecule is CN1Cc2c(ccc3oc(CO)cc23)C(c2ccccc2)C1. The van der Waals surface area contributed by atoms with Gasteiger partial charge in [0.25, 0.3) is 0 Å². The minimum Gasteiger partial charge on any atom is -0.459 e. The molecule has 0 saturated heterocycles. The van der Waals surface area contributed by atoms with Crippen LogP contribution < -0.4 is 0 Å². The summed E-state index contributed by atoms with van der Waals surface area (Å²) >= 11 is 0. The van der Waals surface area contributed by atoms with Gasteiger partial charge in [-0.2, -0.15) is 0 Å². The predicted molar refractivity (Wildman–Crippen MR) is 86.8 cm³/mol. The molecule has 0 fully saturated rings. The maximum atomic E-state index is 9.32. The Hall–Kier alpha value is -2.10. The average Bonchev–Trinajstić information content (AvgIpc) is 2.99. The van der Waals surface area contributed by atoms with E-state index in [1.165, 1.54) is 16.7 Å². The zero-order valence-corrected chi connectivity index (χ0v) is 12.6. The Morgan fingerprint density at radius 2 is 2.00 bits per heavy atom. The van der Waals surface area contributed by atoms with Crippen molar-refractivity contribution in [2.45, 2.75) is 19.1 Å². The van der Waals surface area contributed by atoms with Crippen LogP contribution in [0.25, 0.3) is 11.0 Å². The number of likely N-dealkylation sites (N-methyl/N-ethyl adjacent to an activating group) is 1. The molecule has 3 nitrogen and oxygen atoms in total. The molecule has 1 aliphatic rings. The number of fused-ring (bicyclic) bond motifs is 3. The molecule has 1 aliphatic heterocycles. The molecule has 0 spiro atoms. The van der Waals surface area contributed by atoms with Crippen LogP contribution in [0.5, 0.6) is 0 Å². The molecule has 1 atom stereocenters. The molecule has 0 bridgehead atoms. The van der Waals surface area contributed by atoms with Crippen molar-refractivity contribution in [2.24, 2.45) is 0 Å². The third-order valence-corrected chi connectivity index (χ3v) is 4.56. The summed E-state index contributed by atoms with van der Waals surface area (Å²) in [4.78, 5) is 2.35. The lowest BCUT2D eigenvalue weighted by molar-refractivity contribution is 0.251. The zero-order chi connectivity index (χ0) is 15.1. The Morgan fingerprint density at radius 1 is 1.18 bits per heavy atom. The van der Waals surface area contributed by atoms with Gasteiger partial charge in [0.15, 0.2) is 0 Å². The molecule has 22 heavy (non-hydrogen) atoms. The first-order valence-corrected chi connectivity index (χ1v) is 7.65. The molecule has 1 unspecified atom stereocenters. The van der Waals surface area contributed by atoms with E-state index in [1.54, 1.807) is 0 Å². The number of nitrogens with zero attached hydrogens (tertiary/aromatic N) is 1. The quantitative estimate of drug-likeness (QED) is 0.785. The van der Waals surface area contributed by atoms with Gasteiger partial charge in [-0.25, -0.2) is 0 Å². The van der Waals surface area contributed by atoms with Gasteiger partial charge in [-0.3, -0.25) is 0 Å². The number of benzene rings is 2. The zero-order valence-electron chi connectivity index (χ0n) is 12.6. The van der Waals surface area contributed by atoms with Gasteiger partial charge >= 0.3 is 0 Å². The van der Waals surface area contributed by atoms with Crippen LogP contribution in [0.2, 0.25) is 0 Å². The van der Waals surface area contributed by atoms with Crippen LogP contribution in [0.4, 0.5) is 0 Å². The average molecular weight is 293 g/mol. The van der Waals surface area contributed by atoms with E-state index in [-0.39, 0.29) is 6.61 Å². The summed E-state index contributed by atoms with van der Waals surface area (Å²) in [6, 6.07) is 16.9. The molecular weight excluding hydrogens is 274 g/mol. The van der Waals surface area contributed by atoms with Gasteiger partial charge in [0, 0.05) is 24.4 Å². The molecule has 112 valence electrons. The van der Waals surface area contributed by atoms with Crippen molar-refractivity contribution in [2.75, 3.05) is 13.6 Å². The number of hydrogen-bond donors (Lipinski definition) is 1.